The lowest BCUT2D eigenvalue weighted by molar-refractivity contribution is 0.102. The molecule has 2 aromatic carbocycles. The number of nitrogens with zero attached hydrogens (tertiary/aromatic N) is 1. The number of carbonyl (C=O) groups excluding carboxylic acids is 1. The first kappa shape index (κ1) is 18.6. The molecular formula is C21H18N2O3S2. The van der Waals surface area contributed by atoms with Gasteiger partial charge in [-0.2, -0.15) is 0 Å². The van der Waals surface area contributed by atoms with Crippen LogP contribution in [0.15, 0.2) is 63.2 Å². The average molecular weight is 411 g/mol. The number of hydrogen-bond acceptors (Lipinski definition) is 6. The fraction of sp³-hybridized carbons (Fsp3) is 0.143. The maximum absolute atomic E-state index is 12.7. The van der Waals surface area contributed by atoms with Crippen molar-refractivity contribution in [1.29, 1.82) is 0 Å². The van der Waals surface area contributed by atoms with Gasteiger partial charge in [0.25, 0.3) is 5.91 Å². The molecule has 0 saturated carbocycles. The van der Waals surface area contributed by atoms with Gasteiger partial charge < -0.3 is 9.15 Å². The number of nitrogens with one attached hydrogen (secondary N) is 1. The zero-order valence-corrected chi connectivity index (χ0v) is 17.0. The van der Waals surface area contributed by atoms with Gasteiger partial charge in [0.1, 0.15) is 17.0 Å². The minimum absolute atomic E-state index is 0.160. The second kappa shape index (κ2) is 8.08. The fourth-order valence-corrected chi connectivity index (χ4v) is 4.32. The molecular weight excluding hydrogens is 392 g/mol. The summed E-state index contributed by atoms with van der Waals surface area (Å²) in [6.45, 7) is 2.06. The van der Waals surface area contributed by atoms with Crippen molar-refractivity contribution in [2.24, 2.45) is 0 Å². The molecule has 0 aliphatic carbocycles. The van der Waals surface area contributed by atoms with E-state index in [0.717, 1.165) is 27.4 Å². The summed E-state index contributed by atoms with van der Waals surface area (Å²) in [4.78, 5) is 18.1. The highest BCUT2D eigenvalue weighted by Gasteiger charge is 2.15. The third-order valence-corrected chi connectivity index (χ3v) is 5.85. The van der Waals surface area contributed by atoms with Gasteiger partial charge in [-0.3, -0.25) is 10.1 Å². The highest BCUT2D eigenvalue weighted by atomic mass is 32.2. The number of anilines is 1. The lowest BCUT2D eigenvalue weighted by atomic mass is 10.2. The standard InChI is InChI=1S/C21H18N2O3S2/c1-3-27-19-7-5-4-6-15(19)20(24)23-21-22-16(12-28-21)18-11-13-10-14(25-2)8-9-17(13)26-18/h4-12H,3H2,1-2H3,(H,22,23,24). The molecule has 28 heavy (non-hydrogen) atoms. The minimum atomic E-state index is -0.160. The number of amides is 1. The normalized spacial score (nSPS) is 10.9. The first-order chi connectivity index (χ1) is 13.7. The van der Waals surface area contributed by atoms with Gasteiger partial charge >= 0.3 is 0 Å². The number of carbonyl (C=O) groups is 1. The molecule has 5 nitrogen and oxygen atoms in total. The molecule has 142 valence electrons. The van der Waals surface area contributed by atoms with Crippen LogP contribution in [0.3, 0.4) is 0 Å². The number of aromatic nitrogens is 1. The number of rotatable bonds is 6. The Kier molecular flexibility index (Phi) is 5.36. The van der Waals surface area contributed by atoms with Gasteiger partial charge in [-0.15, -0.1) is 23.1 Å². The summed E-state index contributed by atoms with van der Waals surface area (Å²) >= 11 is 3.01. The van der Waals surface area contributed by atoms with Crippen LogP contribution in [-0.4, -0.2) is 23.8 Å². The topological polar surface area (TPSA) is 64.4 Å². The van der Waals surface area contributed by atoms with Gasteiger partial charge in [0.05, 0.1) is 12.7 Å². The van der Waals surface area contributed by atoms with E-state index in [0.29, 0.717) is 22.1 Å². The summed E-state index contributed by atoms with van der Waals surface area (Å²) in [6, 6.07) is 15.2. The molecule has 0 atom stereocenters. The number of benzene rings is 2. The second-order valence-corrected chi connectivity index (χ2v) is 8.10. The van der Waals surface area contributed by atoms with Crippen LogP contribution < -0.4 is 10.1 Å². The van der Waals surface area contributed by atoms with Crippen LogP contribution in [0.5, 0.6) is 5.75 Å². The lowest BCUT2D eigenvalue weighted by Gasteiger charge is -2.07. The van der Waals surface area contributed by atoms with Crippen LogP contribution in [0.25, 0.3) is 22.4 Å². The predicted molar refractivity (Wildman–Crippen MR) is 115 cm³/mol. The third-order valence-electron chi connectivity index (χ3n) is 4.13. The van der Waals surface area contributed by atoms with E-state index in [4.69, 9.17) is 9.15 Å². The highest BCUT2D eigenvalue weighted by molar-refractivity contribution is 7.99. The summed E-state index contributed by atoms with van der Waals surface area (Å²) in [5.41, 5.74) is 2.11. The minimum Gasteiger partial charge on any atom is -0.497 e. The Morgan fingerprint density at radius 3 is 2.93 bits per heavy atom. The summed E-state index contributed by atoms with van der Waals surface area (Å²) in [6.07, 6.45) is 0. The van der Waals surface area contributed by atoms with Gasteiger partial charge in [-0.05, 0) is 42.2 Å². The van der Waals surface area contributed by atoms with Gasteiger partial charge in [0.2, 0.25) is 0 Å². The largest absolute Gasteiger partial charge is 0.497 e. The van der Waals surface area contributed by atoms with Crippen molar-refractivity contribution in [3.8, 4) is 17.2 Å². The van der Waals surface area contributed by atoms with Crippen molar-refractivity contribution in [2.75, 3.05) is 18.2 Å². The molecule has 2 heterocycles. The van der Waals surface area contributed by atoms with E-state index >= 15 is 0 Å². The van der Waals surface area contributed by atoms with Crippen molar-refractivity contribution in [2.45, 2.75) is 11.8 Å². The average Bonchev–Trinajstić information content (AvgIpc) is 3.34. The van der Waals surface area contributed by atoms with Gasteiger partial charge in [0, 0.05) is 15.7 Å². The summed E-state index contributed by atoms with van der Waals surface area (Å²) < 4.78 is 11.1. The molecule has 7 heteroatoms. The number of thiazole rings is 1. The van der Waals surface area contributed by atoms with Gasteiger partial charge in [0.15, 0.2) is 10.9 Å². The van der Waals surface area contributed by atoms with Crippen molar-refractivity contribution in [3.05, 3.63) is 59.5 Å². The van der Waals surface area contributed by atoms with Gasteiger partial charge in [-0.25, -0.2) is 4.98 Å². The van der Waals surface area contributed by atoms with Crippen molar-refractivity contribution < 1.29 is 13.9 Å². The molecule has 0 fully saturated rings. The van der Waals surface area contributed by atoms with Crippen molar-refractivity contribution >= 4 is 45.1 Å². The van der Waals surface area contributed by atoms with Crippen LogP contribution in [0.2, 0.25) is 0 Å². The Morgan fingerprint density at radius 1 is 1.25 bits per heavy atom. The van der Waals surface area contributed by atoms with Crippen LogP contribution in [-0.2, 0) is 0 Å². The van der Waals surface area contributed by atoms with E-state index in [1.807, 2.05) is 53.9 Å². The maximum Gasteiger partial charge on any atom is 0.258 e. The maximum atomic E-state index is 12.7. The molecule has 0 radical (unpaired) electrons. The number of fused-ring (bicyclic) bond motifs is 1. The van der Waals surface area contributed by atoms with Crippen LogP contribution in [0.1, 0.15) is 17.3 Å². The van der Waals surface area contributed by atoms with Crippen LogP contribution >= 0.6 is 23.1 Å². The quantitative estimate of drug-likeness (QED) is 0.399. The second-order valence-electron chi connectivity index (χ2n) is 5.94. The van der Waals surface area contributed by atoms with Crippen molar-refractivity contribution in [3.63, 3.8) is 0 Å². The molecule has 0 unspecified atom stereocenters. The molecule has 4 rings (SSSR count). The smallest absolute Gasteiger partial charge is 0.258 e. The molecule has 1 N–H and O–H groups in total. The monoisotopic (exact) mass is 410 g/mol. The molecule has 0 saturated heterocycles. The number of methoxy groups -OCH3 is 1. The van der Waals surface area contributed by atoms with Gasteiger partial charge in [-0.1, -0.05) is 19.1 Å². The molecule has 0 aliphatic heterocycles. The predicted octanol–water partition coefficient (Wildman–Crippen LogP) is 5.93. The SMILES string of the molecule is CCSc1ccccc1C(=O)Nc1nc(-c2cc3cc(OC)ccc3o2)cs1. The number of thioether (sulfide) groups is 1. The van der Waals surface area contributed by atoms with E-state index in [-0.39, 0.29) is 5.91 Å². The summed E-state index contributed by atoms with van der Waals surface area (Å²) in [5, 5.41) is 6.24. The molecule has 4 aromatic rings. The Labute approximate surface area is 170 Å². The van der Waals surface area contributed by atoms with E-state index in [1.165, 1.54) is 11.3 Å². The summed E-state index contributed by atoms with van der Waals surface area (Å²) in [5.74, 6) is 2.17. The third kappa shape index (κ3) is 3.76. The van der Waals surface area contributed by atoms with E-state index < -0.39 is 0 Å². The Balaban J connectivity index is 1.56. The number of hydrogen-bond donors (Lipinski definition) is 1. The molecule has 2 aromatic heterocycles. The molecule has 1 amide bonds. The summed E-state index contributed by atoms with van der Waals surface area (Å²) in [7, 11) is 1.63. The Morgan fingerprint density at radius 2 is 2.11 bits per heavy atom. The highest BCUT2D eigenvalue weighted by Crippen LogP contribution is 2.32. The Bertz CT molecular complexity index is 1130. The number of furan rings is 1. The van der Waals surface area contributed by atoms with Crippen LogP contribution in [0, 0.1) is 0 Å². The lowest BCUT2D eigenvalue weighted by Crippen LogP contribution is -2.12. The first-order valence-corrected chi connectivity index (χ1v) is 10.6. The van der Waals surface area contributed by atoms with E-state index in [1.54, 1.807) is 18.9 Å². The van der Waals surface area contributed by atoms with Crippen LogP contribution in [0.4, 0.5) is 5.13 Å². The zero-order chi connectivity index (χ0) is 19.5. The molecule has 0 bridgehead atoms. The first-order valence-electron chi connectivity index (χ1n) is 8.74. The van der Waals surface area contributed by atoms with E-state index in [2.05, 4.69) is 17.2 Å². The zero-order valence-electron chi connectivity index (χ0n) is 15.4. The Hall–Kier alpha value is -2.77. The van der Waals surface area contributed by atoms with E-state index in [9.17, 15) is 4.79 Å². The van der Waals surface area contributed by atoms with Crippen molar-refractivity contribution in [1.82, 2.24) is 4.98 Å². The molecule has 0 spiro atoms. The fourth-order valence-electron chi connectivity index (χ4n) is 2.82. The number of ether oxygens (including phenoxy) is 1. The molecule has 0 aliphatic rings.